The van der Waals surface area contributed by atoms with Gasteiger partial charge in [-0.3, -0.25) is 9.89 Å². The van der Waals surface area contributed by atoms with Crippen molar-refractivity contribution in [2.45, 2.75) is 17.7 Å². The van der Waals surface area contributed by atoms with E-state index in [2.05, 4.69) is 27.6 Å². The molecule has 1 heterocycles. The monoisotopic (exact) mass is 335 g/mol. The molecule has 0 spiro atoms. The molecule has 120 valence electrons. The molecular weight excluding hydrogens is 318 g/mol. The van der Waals surface area contributed by atoms with Crippen LogP contribution in [0.15, 0.2) is 53.4 Å². The minimum absolute atomic E-state index is 0.138. The van der Waals surface area contributed by atoms with Crippen molar-refractivity contribution in [3.05, 3.63) is 65.4 Å². The number of hydrogen-bond acceptors (Lipinski definition) is 3. The number of fused-ring (bicyclic) bond motifs is 3. The van der Waals surface area contributed by atoms with E-state index in [0.717, 1.165) is 40.2 Å². The standard InChI is InChI=1S/C19H17N3OS/c1-24-14-7-4-6-13(11-14)20-19(23)18-16-10-9-12-5-2-3-8-15(12)17(16)21-22-18/h2-8,11H,9-10H2,1H3,(H,20,23)(H,21,22). The van der Waals surface area contributed by atoms with Crippen molar-refractivity contribution in [1.82, 2.24) is 10.2 Å². The zero-order chi connectivity index (χ0) is 16.5. The van der Waals surface area contributed by atoms with E-state index in [1.54, 1.807) is 11.8 Å². The number of hydrogen-bond donors (Lipinski definition) is 2. The van der Waals surface area contributed by atoms with E-state index in [9.17, 15) is 4.79 Å². The average molecular weight is 335 g/mol. The maximum Gasteiger partial charge on any atom is 0.273 e. The number of H-pyrrole nitrogens is 1. The molecule has 1 aromatic heterocycles. The van der Waals surface area contributed by atoms with Crippen LogP contribution in [0.5, 0.6) is 0 Å². The van der Waals surface area contributed by atoms with Crippen molar-refractivity contribution in [2.24, 2.45) is 0 Å². The Hall–Kier alpha value is -2.53. The van der Waals surface area contributed by atoms with Gasteiger partial charge in [-0.05, 0) is 42.9 Å². The number of benzene rings is 2. The van der Waals surface area contributed by atoms with Crippen molar-refractivity contribution in [3.8, 4) is 11.3 Å². The average Bonchev–Trinajstić information content (AvgIpc) is 3.06. The zero-order valence-electron chi connectivity index (χ0n) is 13.3. The number of thioether (sulfide) groups is 1. The molecule has 0 bridgehead atoms. The number of rotatable bonds is 3. The van der Waals surface area contributed by atoms with Crippen molar-refractivity contribution < 1.29 is 4.79 Å². The van der Waals surface area contributed by atoms with E-state index in [4.69, 9.17) is 0 Å². The Morgan fingerprint density at radius 3 is 2.92 bits per heavy atom. The largest absolute Gasteiger partial charge is 0.321 e. The molecule has 0 aliphatic heterocycles. The van der Waals surface area contributed by atoms with Crippen LogP contribution in [0.1, 0.15) is 21.6 Å². The van der Waals surface area contributed by atoms with Gasteiger partial charge in [-0.25, -0.2) is 0 Å². The fourth-order valence-corrected chi connectivity index (χ4v) is 3.60. The first kappa shape index (κ1) is 15.0. The quantitative estimate of drug-likeness (QED) is 0.707. The van der Waals surface area contributed by atoms with Crippen LogP contribution in [0.3, 0.4) is 0 Å². The SMILES string of the molecule is CSc1cccc(NC(=O)c2[nH]nc3c2CCc2ccccc2-3)c1. The molecule has 0 fully saturated rings. The Kier molecular flexibility index (Phi) is 3.86. The molecule has 0 atom stereocenters. The molecule has 2 aromatic carbocycles. The summed E-state index contributed by atoms with van der Waals surface area (Å²) in [6.45, 7) is 0. The third-order valence-corrected chi connectivity index (χ3v) is 5.06. The molecule has 4 nitrogen and oxygen atoms in total. The molecular formula is C19H17N3OS. The maximum atomic E-state index is 12.7. The summed E-state index contributed by atoms with van der Waals surface area (Å²) < 4.78 is 0. The number of carbonyl (C=O) groups excluding carboxylic acids is 1. The first-order valence-corrected chi connectivity index (χ1v) is 9.09. The number of nitrogens with zero attached hydrogens (tertiary/aromatic N) is 1. The van der Waals surface area contributed by atoms with E-state index < -0.39 is 0 Å². The predicted octanol–water partition coefficient (Wildman–Crippen LogP) is 4.15. The lowest BCUT2D eigenvalue weighted by atomic mass is 9.89. The smallest absolute Gasteiger partial charge is 0.273 e. The molecule has 5 heteroatoms. The molecule has 0 saturated heterocycles. The highest BCUT2D eigenvalue weighted by atomic mass is 32.2. The van der Waals surface area contributed by atoms with E-state index >= 15 is 0 Å². The number of nitrogens with one attached hydrogen (secondary N) is 2. The second kappa shape index (κ2) is 6.17. The summed E-state index contributed by atoms with van der Waals surface area (Å²) in [7, 11) is 0. The molecule has 0 saturated carbocycles. The summed E-state index contributed by atoms with van der Waals surface area (Å²) >= 11 is 1.65. The van der Waals surface area contributed by atoms with Gasteiger partial charge >= 0.3 is 0 Å². The normalized spacial score (nSPS) is 12.4. The molecule has 2 N–H and O–H groups in total. The lowest BCUT2D eigenvalue weighted by Crippen LogP contribution is -2.15. The fourth-order valence-electron chi connectivity index (χ4n) is 3.14. The Labute approximate surface area is 144 Å². The number of aromatic nitrogens is 2. The Morgan fingerprint density at radius 1 is 1.17 bits per heavy atom. The predicted molar refractivity (Wildman–Crippen MR) is 97.6 cm³/mol. The van der Waals surface area contributed by atoms with Gasteiger partial charge in [0, 0.05) is 21.7 Å². The van der Waals surface area contributed by atoms with Crippen LogP contribution in [0.2, 0.25) is 0 Å². The highest BCUT2D eigenvalue weighted by molar-refractivity contribution is 7.98. The van der Waals surface area contributed by atoms with Crippen LogP contribution < -0.4 is 5.32 Å². The Morgan fingerprint density at radius 2 is 2.04 bits per heavy atom. The van der Waals surface area contributed by atoms with Crippen molar-refractivity contribution in [2.75, 3.05) is 11.6 Å². The summed E-state index contributed by atoms with van der Waals surface area (Å²) in [4.78, 5) is 13.8. The fraction of sp³-hybridized carbons (Fsp3) is 0.158. The van der Waals surface area contributed by atoms with Gasteiger partial charge in [0.05, 0.1) is 5.69 Å². The van der Waals surface area contributed by atoms with Crippen LogP contribution in [0, 0.1) is 0 Å². The van der Waals surface area contributed by atoms with E-state index in [1.807, 2.05) is 42.7 Å². The van der Waals surface area contributed by atoms with Crippen LogP contribution in [-0.2, 0) is 12.8 Å². The highest BCUT2D eigenvalue weighted by Gasteiger charge is 2.24. The number of aromatic amines is 1. The van der Waals surface area contributed by atoms with Crippen molar-refractivity contribution >= 4 is 23.4 Å². The molecule has 0 unspecified atom stereocenters. The molecule has 1 aliphatic rings. The topological polar surface area (TPSA) is 57.8 Å². The Bertz CT molecular complexity index is 916. The van der Waals surface area contributed by atoms with Gasteiger partial charge in [-0.1, -0.05) is 30.3 Å². The minimum Gasteiger partial charge on any atom is -0.321 e. The molecule has 4 rings (SSSR count). The molecule has 3 aromatic rings. The summed E-state index contributed by atoms with van der Waals surface area (Å²) in [6, 6.07) is 16.1. The molecule has 1 aliphatic carbocycles. The van der Waals surface area contributed by atoms with Gasteiger partial charge in [-0.15, -0.1) is 11.8 Å². The van der Waals surface area contributed by atoms with Crippen molar-refractivity contribution in [1.29, 1.82) is 0 Å². The van der Waals surface area contributed by atoms with Gasteiger partial charge in [0.1, 0.15) is 5.69 Å². The van der Waals surface area contributed by atoms with Gasteiger partial charge < -0.3 is 5.32 Å². The maximum absolute atomic E-state index is 12.7. The Balaban J connectivity index is 1.64. The number of anilines is 1. The summed E-state index contributed by atoms with van der Waals surface area (Å²) in [6.07, 6.45) is 3.78. The molecule has 0 radical (unpaired) electrons. The minimum atomic E-state index is -0.138. The third-order valence-electron chi connectivity index (χ3n) is 4.34. The van der Waals surface area contributed by atoms with Crippen molar-refractivity contribution in [3.63, 3.8) is 0 Å². The second-order valence-corrected chi connectivity index (χ2v) is 6.65. The van der Waals surface area contributed by atoms with Gasteiger partial charge in [0.2, 0.25) is 0 Å². The molecule has 1 amide bonds. The van der Waals surface area contributed by atoms with E-state index in [1.165, 1.54) is 5.56 Å². The first-order valence-electron chi connectivity index (χ1n) is 7.87. The highest BCUT2D eigenvalue weighted by Crippen LogP contribution is 2.33. The summed E-state index contributed by atoms with van der Waals surface area (Å²) in [5.41, 5.74) is 5.68. The summed E-state index contributed by atoms with van der Waals surface area (Å²) in [5, 5.41) is 10.3. The first-order chi connectivity index (χ1) is 11.8. The third kappa shape index (κ3) is 2.61. The van der Waals surface area contributed by atoms with E-state index in [0.29, 0.717) is 5.69 Å². The van der Waals surface area contributed by atoms with Crippen LogP contribution >= 0.6 is 11.8 Å². The second-order valence-electron chi connectivity index (χ2n) is 5.77. The number of aryl methyl sites for hydroxylation is 1. The number of amides is 1. The van der Waals surface area contributed by atoms with Crippen LogP contribution in [0.25, 0.3) is 11.3 Å². The lowest BCUT2D eigenvalue weighted by Gasteiger charge is -2.15. The van der Waals surface area contributed by atoms with Gasteiger partial charge in [0.15, 0.2) is 0 Å². The lowest BCUT2D eigenvalue weighted by molar-refractivity contribution is 0.102. The summed E-state index contributed by atoms with van der Waals surface area (Å²) in [5.74, 6) is -0.138. The van der Waals surface area contributed by atoms with E-state index in [-0.39, 0.29) is 5.91 Å². The molecule has 24 heavy (non-hydrogen) atoms. The van der Waals surface area contributed by atoms with Crippen LogP contribution in [0.4, 0.5) is 5.69 Å². The zero-order valence-corrected chi connectivity index (χ0v) is 14.1. The number of carbonyl (C=O) groups is 1. The van der Waals surface area contributed by atoms with Gasteiger partial charge in [0.25, 0.3) is 5.91 Å². The van der Waals surface area contributed by atoms with Gasteiger partial charge in [-0.2, -0.15) is 5.10 Å². The van der Waals surface area contributed by atoms with Crippen LogP contribution in [-0.4, -0.2) is 22.4 Å².